The topological polar surface area (TPSA) is 52.6 Å². The highest BCUT2D eigenvalue weighted by Gasteiger charge is 2.32. The average Bonchev–Trinajstić information content (AvgIpc) is 2.26. The summed E-state index contributed by atoms with van der Waals surface area (Å²) in [5.41, 5.74) is 1.04. The molecule has 4 nitrogen and oxygen atoms in total. The van der Waals surface area contributed by atoms with Gasteiger partial charge in [-0.25, -0.2) is 0 Å². The molecule has 1 heterocycles. The molecule has 0 aliphatic carbocycles. The molecular weight excluding hydrogens is 308 g/mol. The summed E-state index contributed by atoms with van der Waals surface area (Å²) in [5, 5.41) is 12.4. The predicted octanol–water partition coefficient (Wildman–Crippen LogP) is 2.48. The largest absolute Gasteiger partial charge is 0.481 e. The minimum atomic E-state index is -0.758. The van der Waals surface area contributed by atoms with Crippen LogP contribution in [-0.2, 0) is 4.79 Å². The maximum atomic E-state index is 10.9. The van der Waals surface area contributed by atoms with E-state index in [0.29, 0.717) is 0 Å². The molecule has 0 bridgehead atoms. The fourth-order valence-corrected chi connectivity index (χ4v) is 2.89. The Hall–Kier alpha value is -1.07. The lowest BCUT2D eigenvalue weighted by atomic mass is 9.96. The molecule has 19 heavy (non-hydrogen) atoms. The van der Waals surface area contributed by atoms with Crippen molar-refractivity contribution in [2.24, 2.45) is 0 Å². The Bertz CT molecular complexity index is 459. The van der Waals surface area contributed by atoms with Crippen molar-refractivity contribution in [2.75, 3.05) is 18.0 Å². The third-order valence-corrected chi connectivity index (χ3v) is 3.76. The van der Waals surface area contributed by atoms with E-state index in [2.05, 4.69) is 52.1 Å². The lowest BCUT2D eigenvalue weighted by Crippen LogP contribution is -2.62. The van der Waals surface area contributed by atoms with Crippen LogP contribution in [0, 0.1) is 0 Å². The highest BCUT2D eigenvalue weighted by atomic mass is 79.9. The van der Waals surface area contributed by atoms with E-state index in [1.807, 2.05) is 12.1 Å². The number of anilines is 1. The van der Waals surface area contributed by atoms with Gasteiger partial charge in [-0.05, 0) is 38.1 Å². The molecule has 1 fully saturated rings. The number of carboxylic acids is 1. The van der Waals surface area contributed by atoms with Crippen LogP contribution in [0.25, 0.3) is 0 Å². The van der Waals surface area contributed by atoms with E-state index in [9.17, 15) is 4.79 Å². The molecule has 0 saturated carbocycles. The summed E-state index contributed by atoms with van der Waals surface area (Å²) in [4.78, 5) is 13.1. The van der Waals surface area contributed by atoms with Crippen molar-refractivity contribution in [2.45, 2.75) is 31.8 Å². The van der Waals surface area contributed by atoms with Crippen LogP contribution >= 0.6 is 15.9 Å². The standard InChI is InChI=1S/C14H19BrN2O2/c1-14(2)9-17(8-11(16-14)7-13(18)19)12-5-3-10(15)4-6-12/h3-6,11,16H,7-9H2,1-2H3,(H,18,19). The zero-order valence-electron chi connectivity index (χ0n) is 11.2. The normalized spacial score (nSPS) is 22.3. The van der Waals surface area contributed by atoms with Crippen molar-refractivity contribution >= 4 is 27.6 Å². The minimum Gasteiger partial charge on any atom is -0.481 e. The molecule has 2 N–H and O–H groups in total. The average molecular weight is 327 g/mol. The van der Waals surface area contributed by atoms with Crippen LogP contribution in [-0.4, -0.2) is 35.7 Å². The molecule has 0 aromatic heterocycles. The maximum absolute atomic E-state index is 10.9. The molecule has 1 unspecified atom stereocenters. The van der Waals surface area contributed by atoms with E-state index in [4.69, 9.17) is 5.11 Å². The van der Waals surface area contributed by atoms with Crippen LogP contribution in [0.3, 0.4) is 0 Å². The van der Waals surface area contributed by atoms with Gasteiger partial charge in [0.1, 0.15) is 0 Å². The second-order valence-electron chi connectivity index (χ2n) is 5.68. The Morgan fingerprint density at radius 1 is 1.47 bits per heavy atom. The lowest BCUT2D eigenvalue weighted by Gasteiger charge is -2.44. The van der Waals surface area contributed by atoms with Gasteiger partial charge in [0.2, 0.25) is 0 Å². The molecule has 1 aromatic rings. The third-order valence-electron chi connectivity index (χ3n) is 3.23. The Labute approximate surface area is 121 Å². The van der Waals surface area contributed by atoms with Crippen LogP contribution in [0.1, 0.15) is 20.3 Å². The first-order chi connectivity index (χ1) is 8.85. The lowest BCUT2D eigenvalue weighted by molar-refractivity contribution is -0.137. The van der Waals surface area contributed by atoms with Gasteiger partial charge in [0.15, 0.2) is 0 Å². The quantitative estimate of drug-likeness (QED) is 0.896. The number of nitrogens with zero attached hydrogens (tertiary/aromatic N) is 1. The molecule has 0 amide bonds. The number of aliphatic carboxylic acids is 1. The summed E-state index contributed by atoms with van der Waals surface area (Å²) in [7, 11) is 0. The zero-order chi connectivity index (χ0) is 14.0. The zero-order valence-corrected chi connectivity index (χ0v) is 12.8. The minimum absolute atomic E-state index is 0.0232. The van der Waals surface area contributed by atoms with E-state index in [1.165, 1.54) is 0 Å². The summed E-state index contributed by atoms with van der Waals surface area (Å²) in [5.74, 6) is -0.758. The maximum Gasteiger partial charge on any atom is 0.304 e. The number of hydrogen-bond donors (Lipinski definition) is 2. The summed E-state index contributed by atoms with van der Waals surface area (Å²) < 4.78 is 1.05. The van der Waals surface area contributed by atoms with E-state index in [1.54, 1.807) is 0 Å². The van der Waals surface area contributed by atoms with Crippen LogP contribution in [0.4, 0.5) is 5.69 Å². The number of hydrogen-bond acceptors (Lipinski definition) is 3. The second-order valence-corrected chi connectivity index (χ2v) is 6.60. The Morgan fingerprint density at radius 2 is 2.11 bits per heavy atom. The molecule has 0 spiro atoms. The van der Waals surface area contributed by atoms with Gasteiger partial charge in [-0.3, -0.25) is 4.79 Å². The number of carbonyl (C=O) groups is 1. The Balaban J connectivity index is 2.15. The number of nitrogens with one attached hydrogen (secondary N) is 1. The molecule has 1 aliphatic heterocycles. The fraction of sp³-hybridized carbons (Fsp3) is 0.500. The van der Waals surface area contributed by atoms with Gasteiger partial charge in [-0.2, -0.15) is 0 Å². The van der Waals surface area contributed by atoms with E-state index in [-0.39, 0.29) is 18.0 Å². The molecule has 104 valence electrons. The van der Waals surface area contributed by atoms with Gasteiger partial charge in [-0.1, -0.05) is 15.9 Å². The first-order valence-corrected chi connectivity index (χ1v) is 7.15. The van der Waals surface area contributed by atoms with Gasteiger partial charge in [0.05, 0.1) is 6.42 Å². The van der Waals surface area contributed by atoms with Gasteiger partial charge < -0.3 is 15.3 Å². The summed E-state index contributed by atoms with van der Waals surface area (Å²) in [6.45, 7) is 5.79. The van der Waals surface area contributed by atoms with Crippen molar-refractivity contribution in [1.29, 1.82) is 0 Å². The van der Waals surface area contributed by atoms with Gasteiger partial charge >= 0.3 is 5.97 Å². The van der Waals surface area contributed by atoms with Crippen LogP contribution < -0.4 is 10.2 Å². The first kappa shape index (κ1) is 14.3. The van der Waals surface area contributed by atoms with E-state index >= 15 is 0 Å². The van der Waals surface area contributed by atoms with Crippen molar-refractivity contribution in [1.82, 2.24) is 5.32 Å². The molecule has 1 aromatic carbocycles. The second kappa shape index (κ2) is 5.51. The highest BCUT2D eigenvalue weighted by Crippen LogP contribution is 2.24. The number of piperazine rings is 1. The fourth-order valence-electron chi connectivity index (χ4n) is 2.63. The van der Waals surface area contributed by atoms with Crippen LogP contribution in [0.5, 0.6) is 0 Å². The van der Waals surface area contributed by atoms with Gasteiger partial charge in [0, 0.05) is 34.8 Å². The summed E-state index contributed by atoms with van der Waals surface area (Å²) >= 11 is 3.43. The highest BCUT2D eigenvalue weighted by molar-refractivity contribution is 9.10. The Kier molecular flexibility index (Phi) is 4.16. The SMILES string of the molecule is CC1(C)CN(c2ccc(Br)cc2)CC(CC(=O)O)N1. The Morgan fingerprint density at radius 3 is 2.68 bits per heavy atom. The van der Waals surface area contributed by atoms with Crippen molar-refractivity contribution in [3.05, 3.63) is 28.7 Å². The third kappa shape index (κ3) is 3.94. The molecule has 0 radical (unpaired) electrons. The molecule has 5 heteroatoms. The van der Waals surface area contributed by atoms with Crippen molar-refractivity contribution in [3.8, 4) is 0 Å². The summed E-state index contributed by atoms with van der Waals surface area (Å²) in [6.07, 6.45) is 0.149. The number of carboxylic acid groups (broad SMARTS) is 1. The molecular formula is C14H19BrN2O2. The van der Waals surface area contributed by atoms with Crippen molar-refractivity contribution in [3.63, 3.8) is 0 Å². The molecule has 2 rings (SSSR count). The smallest absolute Gasteiger partial charge is 0.304 e. The van der Waals surface area contributed by atoms with Crippen molar-refractivity contribution < 1.29 is 9.90 Å². The van der Waals surface area contributed by atoms with Crippen LogP contribution in [0.2, 0.25) is 0 Å². The van der Waals surface area contributed by atoms with Crippen LogP contribution in [0.15, 0.2) is 28.7 Å². The van der Waals surface area contributed by atoms with E-state index in [0.717, 1.165) is 23.2 Å². The number of benzene rings is 1. The number of rotatable bonds is 3. The predicted molar refractivity (Wildman–Crippen MR) is 79.6 cm³/mol. The molecule has 1 saturated heterocycles. The summed E-state index contributed by atoms with van der Waals surface area (Å²) in [6, 6.07) is 8.12. The molecule has 1 aliphatic rings. The monoisotopic (exact) mass is 326 g/mol. The first-order valence-electron chi connectivity index (χ1n) is 6.36. The molecule has 1 atom stereocenters. The van der Waals surface area contributed by atoms with Gasteiger partial charge in [-0.15, -0.1) is 0 Å². The van der Waals surface area contributed by atoms with Gasteiger partial charge in [0.25, 0.3) is 0 Å². The van der Waals surface area contributed by atoms with E-state index < -0.39 is 5.97 Å². The number of halogens is 1.